The lowest BCUT2D eigenvalue weighted by atomic mass is 10.4. The molecular formula is C8H12N2O. The second kappa shape index (κ2) is 2.66. The maximum absolute atomic E-state index is 5.13. The minimum Gasteiger partial charge on any atom is -0.371 e. The summed E-state index contributed by atoms with van der Waals surface area (Å²) in [7, 11) is 0. The maximum atomic E-state index is 5.13. The largest absolute Gasteiger partial charge is 0.371 e. The molecule has 3 nitrogen and oxygen atoms in total. The number of hydrogen-bond acceptors (Lipinski definition) is 2. The Kier molecular flexibility index (Phi) is 1.66. The van der Waals surface area contributed by atoms with Crippen LogP contribution in [0, 0.1) is 0 Å². The topological polar surface area (TPSA) is 30.4 Å². The van der Waals surface area contributed by atoms with Gasteiger partial charge in [0.05, 0.1) is 19.3 Å². The maximum Gasteiger partial charge on any atom is 0.108 e. The molecule has 1 aromatic rings. The lowest BCUT2D eigenvalue weighted by Gasteiger charge is -2.01. The predicted octanol–water partition coefficient (Wildman–Crippen LogP) is 0.844. The van der Waals surface area contributed by atoms with E-state index in [2.05, 4.69) is 16.5 Å². The van der Waals surface area contributed by atoms with E-state index in [4.69, 9.17) is 4.74 Å². The lowest BCUT2D eigenvalue weighted by Crippen LogP contribution is -2.06. The van der Waals surface area contributed by atoms with Gasteiger partial charge in [0.1, 0.15) is 5.82 Å². The van der Waals surface area contributed by atoms with Crippen molar-refractivity contribution in [1.82, 2.24) is 9.55 Å². The minimum absolute atomic E-state index is 0.453. The highest BCUT2D eigenvalue weighted by atomic mass is 16.6. The van der Waals surface area contributed by atoms with Crippen molar-refractivity contribution in [2.45, 2.75) is 26.0 Å². The van der Waals surface area contributed by atoms with Crippen LogP contribution < -0.4 is 0 Å². The van der Waals surface area contributed by atoms with Crippen molar-refractivity contribution < 1.29 is 4.74 Å². The van der Waals surface area contributed by atoms with Gasteiger partial charge in [0, 0.05) is 18.8 Å². The third kappa shape index (κ3) is 1.43. The first-order valence-corrected chi connectivity index (χ1v) is 4.01. The first kappa shape index (κ1) is 6.85. The van der Waals surface area contributed by atoms with E-state index in [-0.39, 0.29) is 0 Å². The summed E-state index contributed by atoms with van der Waals surface area (Å²) in [6, 6.07) is 0. The van der Waals surface area contributed by atoms with E-state index in [1.54, 1.807) is 0 Å². The zero-order valence-corrected chi connectivity index (χ0v) is 6.66. The minimum atomic E-state index is 0.453. The van der Waals surface area contributed by atoms with Gasteiger partial charge in [-0.25, -0.2) is 4.98 Å². The molecule has 0 aliphatic carbocycles. The molecule has 0 radical (unpaired) electrons. The first-order chi connectivity index (χ1) is 5.40. The normalized spacial score (nSPS) is 22.1. The van der Waals surface area contributed by atoms with E-state index in [0.717, 1.165) is 25.4 Å². The highest BCUT2D eigenvalue weighted by Gasteiger charge is 2.23. The fourth-order valence-corrected chi connectivity index (χ4v) is 1.21. The van der Waals surface area contributed by atoms with Crippen molar-refractivity contribution in [3.8, 4) is 0 Å². The van der Waals surface area contributed by atoms with Crippen molar-refractivity contribution >= 4 is 0 Å². The molecule has 1 saturated heterocycles. The van der Waals surface area contributed by atoms with Gasteiger partial charge in [-0.2, -0.15) is 0 Å². The van der Waals surface area contributed by atoms with E-state index >= 15 is 0 Å². The van der Waals surface area contributed by atoms with Gasteiger partial charge in [-0.15, -0.1) is 0 Å². The number of imidazole rings is 1. The number of aromatic nitrogens is 2. The van der Waals surface area contributed by atoms with Gasteiger partial charge in [0.15, 0.2) is 0 Å². The molecule has 3 heteroatoms. The first-order valence-electron chi connectivity index (χ1n) is 4.01. The summed E-state index contributed by atoms with van der Waals surface area (Å²) in [4.78, 5) is 4.22. The van der Waals surface area contributed by atoms with Gasteiger partial charge in [-0.3, -0.25) is 0 Å². The third-order valence-corrected chi connectivity index (χ3v) is 1.92. The molecule has 0 saturated carbocycles. The van der Waals surface area contributed by atoms with Crippen LogP contribution in [0.3, 0.4) is 0 Å². The van der Waals surface area contributed by atoms with Crippen LogP contribution in [0.2, 0.25) is 0 Å². The molecule has 0 spiro atoms. The molecule has 1 fully saturated rings. The molecule has 2 rings (SSSR count). The molecule has 1 aliphatic rings. The number of hydrogen-bond donors (Lipinski definition) is 0. The third-order valence-electron chi connectivity index (χ3n) is 1.92. The number of ether oxygens (including phenoxy) is 1. The molecule has 1 aliphatic heterocycles. The summed E-state index contributed by atoms with van der Waals surface area (Å²) in [5, 5.41) is 0. The summed E-state index contributed by atoms with van der Waals surface area (Å²) in [5.74, 6) is 1.15. The van der Waals surface area contributed by atoms with E-state index in [1.807, 2.05) is 12.4 Å². The van der Waals surface area contributed by atoms with Gasteiger partial charge in [0.2, 0.25) is 0 Å². The van der Waals surface area contributed by atoms with E-state index in [1.165, 1.54) is 0 Å². The van der Waals surface area contributed by atoms with Crippen LogP contribution in [0.25, 0.3) is 0 Å². The molecule has 2 heterocycles. The molecule has 1 aromatic heterocycles. The van der Waals surface area contributed by atoms with Gasteiger partial charge < -0.3 is 9.30 Å². The number of aryl methyl sites for hydroxylation is 1. The summed E-state index contributed by atoms with van der Waals surface area (Å²) in [6.07, 6.45) is 5.32. The lowest BCUT2D eigenvalue weighted by molar-refractivity contribution is 0.380. The fourth-order valence-electron chi connectivity index (χ4n) is 1.21. The molecule has 0 N–H and O–H groups in total. The Hall–Kier alpha value is -0.830. The van der Waals surface area contributed by atoms with Crippen molar-refractivity contribution in [1.29, 1.82) is 0 Å². The highest BCUT2D eigenvalue weighted by molar-refractivity contribution is 4.93. The molecule has 1 atom stereocenters. The second-order valence-corrected chi connectivity index (χ2v) is 2.80. The van der Waals surface area contributed by atoms with Crippen LogP contribution in [-0.4, -0.2) is 22.3 Å². The monoisotopic (exact) mass is 152 g/mol. The van der Waals surface area contributed by atoms with Gasteiger partial charge in [0.25, 0.3) is 0 Å². The second-order valence-electron chi connectivity index (χ2n) is 2.80. The standard InChI is InChI=1S/C8H12N2O/c1-2-8-9-3-4-10(8)5-7-6-11-7/h3-4,7H,2,5-6H2,1H3. The Morgan fingerprint density at radius 3 is 3.27 bits per heavy atom. The van der Waals surface area contributed by atoms with Gasteiger partial charge in [-0.05, 0) is 0 Å². The average Bonchev–Trinajstić information content (AvgIpc) is 2.68. The Balaban J connectivity index is 2.07. The summed E-state index contributed by atoms with van der Waals surface area (Å²) >= 11 is 0. The van der Waals surface area contributed by atoms with Crippen LogP contribution in [0.1, 0.15) is 12.7 Å². The Bertz CT molecular complexity index is 240. The molecule has 60 valence electrons. The number of epoxide rings is 1. The van der Waals surface area contributed by atoms with E-state index < -0.39 is 0 Å². The Labute approximate surface area is 66.0 Å². The van der Waals surface area contributed by atoms with Crippen LogP contribution >= 0.6 is 0 Å². The van der Waals surface area contributed by atoms with Gasteiger partial charge >= 0.3 is 0 Å². The van der Waals surface area contributed by atoms with Crippen LogP contribution in [-0.2, 0) is 17.7 Å². The van der Waals surface area contributed by atoms with Crippen molar-refractivity contribution in [2.75, 3.05) is 6.61 Å². The van der Waals surface area contributed by atoms with E-state index in [9.17, 15) is 0 Å². The Morgan fingerprint density at radius 2 is 2.64 bits per heavy atom. The van der Waals surface area contributed by atoms with Crippen LogP contribution in [0.15, 0.2) is 12.4 Å². The quantitative estimate of drug-likeness (QED) is 0.601. The molecule has 0 aromatic carbocycles. The zero-order chi connectivity index (χ0) is 7.68. The fraction of sp³-hybridized carbons (Fsp3) is 0.625. The number of nitrogens with zero attached hydrogens (tertiary/aromatic N) is 2. The zero-order valence-electron chi connectivity index (χ0n) is 6.66. The molecule has 0 bridgehead atoms. The van der Waals surface area contributed by atoms with Gasteiger partial charge in [-0.1, -0.05) is 6.92 Å². The van der Waals surface area contributed by atoms with Crippen molar-refractivity contribution in [2.24, 2.45) is 0 Å². The van der Waals surface area contributed by atoms with Crippen LogP contribution in [0.5, 0.6) is 0 Å². The molecular weight excluding hydrogens is 140 g/mol. The summed E-state index contributed by atoms with van der Waals surface area (Å²) in [5.41, 5.74) is 0. The molecule has 11 heavy (non-hydrogen) atoms. The molecule has 0 amide bonds. The SMILES string of the molecule is CCc1nccn1CC1CO1. The average molecular weight is 152 g/mol. The van der Waals surface area contributed by atoms with Crippen molar-refractivity contribution in [3.63, 3.8) is 0 Å². The highest BCUT2D eigenvalue weighted by Crippen LogP contribution is 2.12. The van der Waals surface area contributed by atoms with Crippen LogP contribution in [0.4, 0.5) is 0 Å². The number of rotatable bonds is 3. The summed E-state index contributed by atoms with van der Waals surface area (Å²) in [6.45, 7) is 4.01. The van der Waals surface area contributed by atoms with E-state index in [0.29, 0.717) is 6.10 Å². The predicted molar refractivity (Wildman–Crippen MR) is 41.3 cm³/mol. The smallest absolute Gasteiger partial charge is 0.108 e. The summed E-state index contributed by atoms with van der Waals surface area (Å²) < 4.78 is 7.30. The Morgan fingerprint density at radius 1 is 1.82 bits per heavy atom. The van der Waals surface area contributed by atoms with Crippen molar-refractivity contribution in [3.05, 3.63) is 18.2 Å². The molecule has 1 unspecified atom stereocenters.